The Morgan fingerprint density at radius 3 is 2.13 bits per heavy atom. The molecule has 1 rings (SSSR count). The molecule has 0 saturated heterocycles. The molecule has 0 bridgehead atoms. The lowest BCUT2D eigenvalue weighted by Gasteiger charge is -2.33. The maximum atomic E-state index is 13.5. The molecule has 1 aromatic carbocycles. The number of halogens is 3. The number of carbonyl (C=O) groups excluding carboxylic acids is 2. The third-order valence-electron chi connectivity index (χ3n) is 2.51. The number of nitrogens with one attached hydrogen (secondary N) is 1. The molecule has 9 heteroatoms. The molecule has 128 valence electrons. The van der Waals surface area contributed by atoms with Crippen molar-refractivity contribution in [1.82, 2.24) is 5.32 Å². The number of esters is 1. The number of carbonyl (C=O) groups is 2. The molecule has 1 N–H and O–H groups in total. The van der Waals surface area contributed by atoms with Crippen LogP contribution in [0.25, 0.3) is 0 Å². The quantitative estimate of drug-likeness (QED) is 0.661. The van der Waals surface area contributed by atoms with E-state index in [0.717, 1.165) is 7.11 Å². The lowest BCUT2D eigenvalue weighted by molar-refractivity contribution is -0.259. The number of para-hydroxylation sites is 1. The molecule has 0 aliphatic rings. The third-order valence-corrected chi connectivity index (χ3v) is 2.51. The van der Waals surface area contributed by atoms with Crippen molar-refractivity contribution in [2.24, 2.45) is 0 Å². The van der Waals surface area contributed by atoms with Gasteiger partial charge in [0, 0.05) is 0 Å². The Morgan fingerprint density at radius 2 is 1.70 bits per heavy atom. The number of alkyl carbamates (subject to hydrolysis) is 1. The molecule has 0 aliphatic carbocycles. The van der Waals surface area contributed by atoms with Crippen LogP contribution in [-0.2, 0) is 14.3 Å². The Balaban J connectivity index is 3.25. The Hall–Kier alpha value is -2.45. The van der Waals surface area contributed by atoms with Crippen LogP contribution in [0, 0.1) is 0 Å². The Labute approximate surface area is 130 Å². The summed E-state index contributed by atoms with van der Waals surface area (Å²) in [4.78, 5) is 23.4. The van der Waals surface area contributed by atoms with Gasteiger partial charge in [-0.25, -0.2) is 9.59 Å². The van der Waals surface area contributed by atoms with Gasteiger partial charge in [-0.05, 0) is 26.0 Å². The maximum Gasteiger partial charge on any atom is 0.461 e. The number of ether oxygens (including phenoxy) is 3. The molecule has 0 fully saturated rings. The van der Waals surface area contributed by atoms with E-state index in [1.165, 1.54) is 43.4 Å². The molecule has 6 nitrogen and oxygen atoms in total. The molecular weight excluding hydrogens is 319 g/mol. The smallest absolute Gasteiger partial charge is 0.461 e. The van der Waals surface area contributed by atoms with Gasteiger partial charge in [0.05, 0.1) is 13.2 Å². The van der Waals surface area contributed by atoms with E-state index < -0.39 is 30.1 Å². The van der Waals surface area contributed by atoms with E-state index in [1.54, 1.807) is 6.07 Å². The van der Waals surface area contributed by atoms with Crippen molar-refractivity contribution >= 4 is 12.1 Å². The van der Waals surface area contributed by atoms with Crippen molar-refractivity contribution in [3.63, 3.8) is 0 Å². The molecule has 1 amide bonds. The number of rotatable bonds is 5. The van der Waals surface area contributed by atoms with E-state index in [9.17, 15) is 22.8 Å². The molecule has 0 aliphatic heterocycles. The number of hydrogen-bond donors (Lipinski definition) is 1. The monoisotopic (exact) mass is 335 g/mol. The minimum absolute atomic E-state index is 0.292. The molecule has 0 aromatic heterocycles. The minimum atomic E-state index is -5.30. The lowest BCUT2D eigenvalue weighted by Crippen LogP contribution is -2.68. The van der Waals surface area contributed by atoms with Crippen molar-refractivity contribution in [2.45, 2.75) is 31.9 Å². The summed E-state index contributed by atoms with van der Waals surface area (Å²) in [6.07, 6.45) is -7.47. The van der Waals surface area contributed by atoms with E-state index in [2.05, 4.69) is 9.47 Å². The highest BCUT2D eigenvalue weighted by atomic mass is 19.4. The van der Waals surface area contributed by atoms with Gasteiger partial charge in [0.15, 0.2) is 0 Å². The second-order valence-electron chi connectivity index (χ2n) is 4.66. The van der Waals surface area contributed by atoms with Gasteiger partial charge in [0.25, 0.3) is 0 Å². The van der Waals surface area contributed by atoms with Gasteiger partial charge in [-0.2, -0.15) is 13.2 Å². The summed E-state index contributed by atoms with van der Waals surface area (Å²) in [7, 11) is 0.743. The SMILES string of the molecule is COC(=O)C(NC(=O)OC(C)C)(Oc1ccccc1)C(F)(F)F. The molecule has 0 radical (unpaired) electrons. The Morgan fingerprint density at radius 1 is 1.13 bits per heavy atom. The summed E-state index contributed by atoms with van der Waals surface area (Å²) in [5.74, 6) is -2.13. The highest BCUT2D eigenvalue weighted by Crippen LogP contribution is 2.34. The second-order valence-corrected chi connectivity index (χ2v) is 4.66. The first-order valence-electron chi connectivity index (χ1n) is 6.50. The number of methoxy groups -OCH3 is 1. The van der Waals surface area contributed by atoms with Crippen LogP contribution in [0.1, 0.15) is 13.8 Å². The average Bonchev–Trinajstić information content (AvgIpc) is 2.44. The molecule has 1 unspecified atom stereocenters. The predicted octanol–water partition coefficient (Wildman–Crippen LogP) is 2.63. The molecule has 1 aromatic rings. The van der Waals surface area contributed by atoms with Crippen LogP contribution in [0.4, 0.5) is 18.0 Å². The van der Waals surface area contributed by atoms with Crippen LogP contribution in [0.2, 0.25) is 0 Å². The van der Waals surface area contributed by atoms with E-state index >= 15 is 0 Å². The first-order chi connectivity index (χ1) is 10.6. The maximum absolute atomic E-state index is 13.5. The summed E-state index contributed by atoms with van der Waals surface area (Å²) in [5, 5.41) is 1.42. The highest BCUT2D eigenvalue weighted by Gasteiger charge is 2.66. The number of hydrogen-bond acceptors (Lipinski definition) is 5. The summed E-state index contributed by atoms with van der Waals surface area (Å²) >= 11 is 0. The van der Waals surface area contributed by atoms with Crippen molar-refractivity contribution in [3.8, 4) is 5.75 Å². The molecule has 0 spiro atoms. The van der Waals surface area contributed by atoms with Crippen molar-refractivity contribution in [3.05, 3.63) is 30.3 Å². The zero-order valence-corrected chi connectivity index (χ0v) is 12.6. The van der Waals surface area contributed by atoms with Crippen molar-refractivity contribution in [2.75, 3.05) is 7.11 Å². The van der Waals surface area contributed by atoms with E-state index in [-0.39, 0.29) is 5.75 Å². The third kappa shape index (κ3) is 4.51. The van der Waals surface area contributed by atoms with Gasteiger partial charge in [-0.3, -0.25) is 5.32 Å². The summed E-state index contributed by atoms with van der Waals surface area (Å²) < 4.78 is 54.0. The Kier molecular flexibility index (Phi) is 5.83. The van der Waals surface area contributed by atoms with Crippen LogP contribution in [-0.4, -0.2) is 37.2 Å². The van der Waals surface area contributed by atoms with Gasteiger partial charge in [-0.15, -0.1) is 0 Å². The van der Waals surface area contributed by atoms with Crippen LogP contribution in [0.3, 0.4) is 0 Å². The van der Waals surface area contributed by atoms with E-state index in [0.29, 0.717) is 0 Å². The van der Waals surface area contributed by atoms with E-state index in [4.69, 9.17) is 4.74 Å². The second kappa shape index (κ2) is 7.21. The first-order valence-corrected chi connectivity index (χ1v) is 6.50. The van der Waals surface area contributed by atoms with Crippen LogP contribution in [0.5, 0.6) is 5.75 Å². The van der Waals surface area contributed by atoms with Crippen molar-refractivity contribution < 1.29 is 37.0 Å². The van der Waals surface area contributed by atoms with E-state index in [1.807, 2.05) is 0 Å². The zero-order valence-electron chi connectivity index (χ0n) is 12.6. The molecule has 0 heterocycles. The summed E-state index contributed by atoms with van der Waals surface area (Å²) in [6, 6.07) is 6.73. The van der Waals surface area contributed by atoms with Gasteiger partial charge in [-0.1, -0.05) is 18.2 Å². The van der Waals surface area contributed by atoms with Crippen molar-refractivity contribution in [1.29, 1.82) is 0 Å². The zero-order chi connectivity index (χ0) is 17.7. The van der Waals surface area contributed by atoms with Gasteiger partial charge in [0.1, 0.15) is 5.75 Å². The average molecular weight is 335 g/mol. The largest absolute Gasteiger partial charge is 0.464 e. The summed E-state index contributed by atoms with van der Waals surface area (Å²) in [6.45, 7) is 2.87. The number of amides is 1. The predicted molar refractivity (Wildman–Crippen MR) is 72.6 cm³/mol. The first kappa shape index (κ1) is 18.6. The number of benzene rings is 1. The Bertz CT molecular complexity index is 547. The topological polar surface area (TPSA) is 73.9 Å². The fourth-order valence-corrected chi connectivity index (χ4v) is 1.56. The van der Waals surface area contributed by atoms with Crippen LogP contribution >= 0.6 is 0 Å². The molecule has 0 saturated carbocycles. The summed E-state index contributed by atoms with van der Waals surface area (Å²) in [5.41, 5.74) is -3.73. The van der Waals surface area contributed by atoms with Gasteiger partial charge in [0.2, 0.25) is 0 Å². The van der Waals surface area contributed by atoms with Gasteiger partial charge < -0.3 is 14.2 Å². The fourth-order valence-electron chi connectivity index (χ4n) is 1.56. The standard InChI is InChI=1S/C14H16F3NO5/c1-9(2)22-12(20)18-13(11(19)21-3,14(15,16)17)23-10-7-5-4-6-8-10/h4-9H,1-3H3,(H,18,20). The molecule has 23 heavy (non-hydrogen) atoms. The highest BCUT2D eigenvalue weighted by molar-refractivity contribution is 5.85. The molecule has 1 atom stereocenters. The minimum Gasteiger partial charge on any atom is -0.464 e. The lowest BCUT2D eigenvalue weighted by atomic mass is 10.2. The van der Waals surface area contributed by atoms with Crippen LogP contribution in [0.15, 0.2) is 30.3 Å². The number of alkyl halides is 3. The normalized spacial score (nSPS) is 13.9. The van der Waals surface area contributed by atoms with Gasteiger partial charge >= 0.3 is 24.0 Å². The fraction of sp³-hybridized carbons (Fsp3) is 0.429. The van der Waals surface area contributed by atoms with Crippen LogP contribution < -0.4 is 10.1 Å². The molecular formula is C14H16F3NO5.